The van der Waals surface area contributed by atoms with Crippen molar-refractivity contribution in [2.24, 2.45) is 0 Å². The summed E-state index contributed by atoms with van der Waals surface area (Å²) in [5.41, 5.74) is 0.107. The molecule has 0 saturated heterocycles. The van der Waals surface area contributed by atoms with Crippen molar-refractivity contribution in [3.8, 4) is 5.75 Å². The molecule has 3 nitrogen and oxygen atoms in total. The van der Waals surface area contributed by atoms with Gasteiger partial charge < -0.3 is 10.1 Å². The number of benzene rings is 2. The lowest BCUT2D eigenvalue weighted by atomic mass is 10.3. The van der Waals surface area contributed by atoms with E-state index in [9.17, 15) is 9.18 Å². The van der Waals surface area contributed by atoms with Crippen molar-refractivity contribution in [2.45, 2.75) is 0 Å². The van der Waals surface area contributed by atoms with E-state index in [1.165, 1.54) is 24.3 Å². The molecule has 1 amide bonds. The maximum atomic E-state index is 13.3. The SMILES string of the molecule is O=C(COc1ccc(Cl)c(Cl)c1)Nc1ccccc1F. The summed E-state index contributed by atoms with van der Waals surface area (Å²) in [4.78, 5) is 11.6. The minimum Gasteiger partial charge on any atom is -0.484 e. The van der Waals surface area contributed by atoms with E-state index in [1.54, 1.807) is 18.2 Å². The number of halogens is 3. The van der Waals surface area contributed by atoms with Crippen molar-refractivity contribution >= 4 is 34.8 Å². The minimum atomic E-state index is -0.504. The molecule has 0 aliphatic heterocycles. The third kappa shape index (κ3) is 3.85. The zero-order valence-corrected chi connectivity index (χ0v) is 11.7. The molecule has 2 aromatic carbocycles. The first-order chi connectivity index (χ1) is 9.56. The molecule has 0 bridgehead atoms. The van der Waals surface area contributed by atoms with E-state index in [0.717, 1.165) is 0 Å². The zero-order chi connectivity index (χ0) is 14.5. The first-order valence-electron chi connectivity index (χ1n) is 5.68. The van der Waals surface area contributed by atoms with Crippen LogP contribution in [0.15, 0.2) is 42.5 Å². The predicted octanol–water partition coefficient (Wildman–Crippen LogP) is 4.15. The summed E-state index contributed by atoms with van der Waals surface area (Å²) in [6.45, 7) is -0.258. The van der Waals surface area contributed by atoms with Gasteiger partial charge in [0.25, 0.3) is 5.91 Å². The van der Waals surface area contributed by atoms with Gasteiger partial charge in [-0.15, -0.1) is 0 Å². The van der Waals surface area contributed by atoms with Gasteiger partial charge >= 0.3 is 0 Å². The summed E-state index contributed by atoms with van der Waals surface area (Å²) in [7, 11) is 0. The molecule has 0 spiro atoms. The lowest BCUT2D eigenvalue weighted by molar-refractivity contribution is -0.118. The summed E-state index contributed by atoms with van der Waals surface area (Å²) in [5, 5.41) is 3.14. The fraction of sp³-hybridized carbons (Fsp3) is 0.0714. The quantitative estimate of drug-likeness (QED) is 0.920. The number of nitrogens with one attached hydrogen (secondary N) is 1. The Balaban J connectivity index is 1.92. The Labute approximate surface area is 125 Å². The lowest BCUT2D eigenvalue weighted by Gasteiger charge is -2.08. The van der Waals surface area contributed by atoms with Gasteiger partial charge in [0.15, 0.2) is 6.61 Å². The topological polar surface area (TPSA) is 38.3 Å². The first kappa shape index (κ1) is 14.6. The Kier molecular flexibility index (Phi) is 4.82. The van der Waals surface area contributed by atoms with E-state index < -0.39 is 11.7 Å². The molecule has 20 heavy (non-hydrogen) atoms. The predicted molar refractivity (Wildman–Crippen MR) is 77.0 cm³/mol. The zero-order valence-electron chi connectivity index (χ0n) is 10.2. The van der Waals surface area contributed by atoms with Gasteiger partial charge in [-0.05, 0) is 24.3 Å². The summed E-state index contributed by atoms with van der Waals surface area (Å²) in [6, 6.07) is 10.5. The summed E-state index contributed by atoms with van der Waals surface area (Å²) >= 11 is 11.6. The molecule has 0 saturated carbocycles. The highest BCUT2D eigenvalue weighted by Crippen LogP contribution is 2.26. The number of amides is 1. The summed E-state index contributed by atoms with van der Waals surface area (Å²) < 4.78 is 18.6. The molecule has 0 unspecified atom stereocenters. The molecule has 0 aliphatic carbocycles. The molecule has 1 N–H and O–H groups in total. The second-order valence-corrected chi connectivity index (χ2v) is 4.71. The normalized spacial score (nSPS) is 10.2. The van der Waals surface area contributed by atoms with Gasteiger partial charge in [0.05, 0.1) is 15.7 Å². The summed E-state index contributed by atoms with van der Waals surface area (Å²) in [5.74, 6) is -0.570. The van der Waals surface area contributed by atoms with Gasteiger partial charge in [0.1, 0.15) is 11.6 Å². The molecule has 0 aromatic heterocycles. The van der Waals surface area contributed by atoms with E-state index in [-0.39, 0.29) is 12.3 Å². The van der Waals surface area contributed by atoms with Crippen molar-refractivity contribution in [3.05, 3.63) is 58.3 Å². The van der Waals surface area contributed by atoms with E-state index in [4.69, 9.17) is 27.9 Å². The maximum absolute atomic E-state index is 13.3. The average Bonchev–Trinajstić information content (AvgIpc) is 2.43. The fourth-order valence-corrected chi connectivity index (χ4v) is 1.75. The molecular formula is C14H10Cl2FNO2. The molecule has 0 heterocycles. The van der Waals surface area contributed by atoms with Crippen LogP contribution in [0.3, 0.4) is 0 Å². The highest BCUT2D eigenvalue weighted by Gasteiger charge is 2.07. The van der Waals surface area contributed by atoms with Crippen molar-refractivity contribution in [3.63, 3.8) is 0 Å². The van der Waals surface area contributed by atoms with Gasteiger partial charge in [0, 0.05) is 6.07 Å². The van der Waals surface area contributed by atoms with Crippen molar-refractivity contribution < 1.29 is 13.9 Å². The number of hydrogen-bond acceptors (Lipinski definition) is 2. The molecule has 2 rings (SSSR count). The smallest absolute Gasteiger partial charge is 0.262 e. The van der Waals surface area contributed by atoms with Crippen LogP contribution in [0, 0.1) is 5.82 Å². The van der Waals surface area contributed by atoms with Gasteiger partial charge in [-0.2, -0.15) is 0 Å². The van der Waals surface area contributed by atoms with E-state index in [1.807, 2.05) is 0 Å². The Morgan fingerprint density at radius 2 is 1.90 bits per heavy atom. The van der Waals surface area contributed by atoms with Crippen LogP contribution >= 0.6 is 23.2 Å². The van der Waals surface area contributed by atoms with Crippen LogP contribution in [-0.4, -0.2) is 12.5 Å². The molecule has 0 radical (unpaired) electrons. The average molecular weight is 314 g/mol. The van der Waals surface area contributed by atoms with E-state index in [0.29, 0.717) is 15.8 Å². The van der Waals surface area contributed by atoms with Crippen LogP contribution in [0.25, 0.3) is 0 Å². The highest BCUT2D eigenvalue weighted by molar-refractivity contribution is 6.42. The van der Waals surface area contributed by atoms with Crippen molar-refractivity contribution in [1.29, 1.82) is 0 Å². The standard InChI is InChI=1S/C14H10Cl2FNO2/c15-10-6-5-9(7-11(10)16)20-8-14(19)18-13-4-2-1-3-12(13)17/h1-7H,8H2,(H,18,19). The van der Waals surface area contributed by atoms with Gasteiger partial charge in [0.2, 0.25) is 0 Å². The molecule has 0 aliphatic rings. The van der Waals surface area contributed by atoms with Crippen LogP contribution in [0.4, 0.5) is 10.1 Å². The van der Waals surface area contributed by atoms with Gasteiger partial charge in [-0.25, -0.2) is 4.39 Å². The molecule has 0 atom stereocenters. The molecule has 0 fully saturated rings. The number of para-hydroxylation sites is 1. The maximum Gasteiger partial charge on any atom is 0.262 e. The number of carbonyl (C=O) groups is 1. The minimum absolute atomic E-state index is 0.107. The third-order valence-electron chi connectivity index (χ3n) is 2.41. The number of hydrogen-bond donors (Lipinski definition) is 1. The first-order valence-corrected chi connectivity index (χ1v) is 6.44. The fourth-order valence-electron chi connectivity index (χ4n) is 1.46. The van der Waals surface area contributed by atoms with Crippen LogP contribution in [0.5, 0.6) is 5.75 Å². The highest BCUT2D eigenvalue weighted by atomic mass is 35.5. The van der Waals surface area contributed by atoms with Crippen LogP contribution < -0.4 is 10.1 Å². The Bertz CT molecular complexity index is 634. The Morgan fingerprint density at radius 3 is 2.60 bits per heavy atom. The largest absolute Gasteiger partial charge is 0.484 e. The number of rotatable bonds is 4. The summed E-state index contributed by atoms with van der Waals surface area (Å²) in [6.07, 6.45) is 0. The van der Waals surface area contributed by atoms with Crippen LogP contribution in [0.2, 0.25) is 10.0 Å². The van der Waals surface area contributed by atoms with Crippen molar-refractivity contribution in [1.82, 2.24) is 0 Å². The van der Waals surface area contributed by atoms with Crippen LogP contribution in [0.1, 0.15) is 0 Å². The Hall–Kier alpha value is -1.78. The van der Waals surface area contributed by atoms with Crippen molar-refractivity contribution in [2.75, 3.05) is 11.9 Å². The van der Waals surface area contributed by atoms with E-state index in [2.05, 4.69) is 5.32 Å². The van der Waals surface area contributed by atoms with Gasteiger partial charge in [-0.3, -0.25) is 4.79 Å². The molecule has 6 heteroatoms. The van der Waals surface area contributed by atoms with Gasteiger partial charge in [-0.1, -0.05) is 35.3 Å². The lowest BCUT2D eigenvalue weighted by Crippen LogP contribution is -2.20. The third-order valence-corrected chi connectivity index (χ3v) is 3.15. The van der Waals surface area contributed by atoms with Crippen LogP contribution in [-0.2, 0) is 4.79 Å². The Morgan fingerprint density at radius 1 is 1.15 bits per heavy atom. The number of anilines is 1. The second-order valence-electron chi connectivity index (χ2n) is 3.89. The van der Waals surface area contributed by atoms with E-state index >= 15 is 0 Å². The number of ether oxygens (including phenoxy) is 1. The second kappa shape index (κ2) is 6.59. The number of carbonyl (C=O) groups excluding carboxylic acids is 1. The molecule has 104 valence electrons. The molecular weight excluding hydrogens is 304 g/mol. The monoisotopic (exact) mass is 313 g/mol. The molecule has 2 aromatic rings.